The molecule has 30 heavy (non-hydrogen) atoms. The van der Waals surface area contributed by atoms with Gasteiger partial charge < -0.3 is 14.8 Å². The normalized spacial score (nSPS) is 18.1. The fourth-order valence-electron chi connectivity index (χ4n) is 3.35. The van der Waals surface area contributed by atoms with E-state index in [4.69, 9.17) is 9.47 Å². The maximum absolute atomic E-state index is 13.2. The Kier molecular flexibility index (Phi) is 7.65. The Hall–Kier alpha value is -2.83. The number of carbonyl (C=O) groups is 3. The minimum atomic E-state index is -0.784. The number of piperidine rings is 1. The molecular formula is C23H32N2O5. The first-order chi connectivity index (χ1) is 14.0. The van der Waals surface area contributed by atoms with Gasteiger partial charge >= 0.3 is 12.1 Å². The van der Waals surface area contributed by atoms with Gasteiger partial charge in [-0.2, -0.15) is 0 Å². The summed E-state index contributed by atoms with van der Waals surface area (Å²) in [7, 11) is 0. The minimum Gasteiger partial charge on any atom is -0.463 e. The average molecular weight is 417 g/mol. The molecule has 7 heteroatoms. The van der Waals surface area contributed by atoms with E-state index >= 15 is 0 Å². The Bertz CT molecular complexity index is 818. The van der Waals surface area contributed by atoms with Crippen LogP contribution in [0.2, 0.25) is 0 Å². The maximum Gasteiger partial charge on any atom is 0.410 e. The Morgan fingerprint density at radius 1 is 1.20 bits per heavy atom. The van der Waals surface area contributed by atoms with E-state index in [-0.39, 0.29) is 25.5 Å². The molecule has 0 radical (unpaired) electrons. The van der Waals surface area contributed by atoms with Crippen molar-refractivity contribution in [2.75, 3.05) is 18.5 Å². The average Bonchev–Trinajstić information content (AvgIpc) is 2.63. The highest BCUT2D eigenvalue weighted by Gasteiger charge is 2.37. The number of rotatable bonds is 4. The van der Waals surface area contributed by atoms with E-state index in [1.165, 1.54) is 11.0 Å². The SMILES string of the molecule is CCOC(=O)C=C1CCN(C(=O)OC(C)(C)C)[C@H](C(=O)Nc2c(C)cccc2C)C1. The zero-order valence-electron chi connectivity index (χ0n) is 18.7. The number of carbonyl (C=O) groups excluding carboxylic acids is 3. The molecule has 0 saturated carbocycles. The highest BCUT2D eigenvalue weighted by Crippen LogP contribution is 2.27. The fourth-order valence-corrected chi connectivity index (χ4v) is 3.35. The molecule has 0 spiro atoms. The number of nitrogens with one attached hydrogen (secondary N) is 1. The van der Waals surface area contributed by atoms with Gasteiger partial charge in [0.05, 0.1) is 6.61 Å². The van der Waals surface area contributed by atoms with Crippen LogP contribution >= 0.6 is 0 Å². The van der Waals surface area contributed by atoms with Crippen molar-refractivity contribution in [3.63, 3.8) is 0 Å². The van der Waals surface area contributed by atoms with Gasteiger partial charge in [0.25, 0.3) is 0 Å². The van der Waals surface area contributed by atoms with E-state index in [2.05, 4.69) is 5.32 Å². The number of likely N-dealkylation sites (tertiary alicyclic amines) is 1. The first-order valence-corrected chi connectivity index (χ1v) is 10.2. The monoisotopic (exact) mass is 416 g/mol. The quantitative estimate of drug-likeness (QED) is 0.589. The number of nitrogens with zero attached hydrogens (tertiary/aromatic N) is 1. The third-order valence-corrected chi connectivity index (χ3v) is 4.77. The number of hydrogen-bond acceptors (Lipinski definition) is 5. The first kappa shape index (κ1) is 23.4. The lowest BCUT2D eigenvalue weighted by atomic mass is 9.95. The molecule has 0 aliphatic carbocycles. The molecule has 2 amide bonds. The van der Waals surface area contributed by atoms with Crippen LogP contribution < -0.4 is 5.32 Å². The summed E-state index contributed by atoms with van der Waals surface area (Å²) < 4.78 is 10.5. The van der Waals surface area contributed by atoms with Crippen molar-refractivity contribution < 1.29 is 23.9 Å². The molecule has 1 aliphatic heterocycles. The zero-order chi connectivity index (χ0) is 22.5. The number of benzene rings is 1. The predicted molar refractivity (Wildman–Crippen MR) is 115 cm³/mol. The Balaban J connectivity index is 2.29. The van der Waals surface area contributed by atoms with Crippen LogP contribution in [0, 0.1) is 13.8 Å². The van der Waals surface area contributed by atoms with Crippen LogP contribution in [0.3, 0.4) is 0 Å². The van der Waals surface area contributed by atoms with Gasteiger partial charge in [0.2, 0.25) is 5.91 Å². The summed E-state index contributed by atoms with van der Waals surface area (Å²) in [6.07, 6.45) is 1.61. The van der Waals surface area contributed by atoms with Crippen LogP contribution in [0.5, 0.6) is 0 Å². The summed E-state index contributed by atoms with van der Waals surface area (Å²) in [5.74, 6) is -0.750. The van der Waals surface area contributed by atoms with E-state index < -0.39 is 23.7 Å². The van der Waals surface area contributed by atoms with Gasteiger partial charge in [-0.15, -0.1) is 0 Å². The van der Waals surface area contributed by atoms with E-state index in [0.717, 1.165) is 22.4 Å². The van der Waals surface area contributed by atoms with Crippen LogP contribution in [0.4, 0.5) is 10.5 Å². The second kappa shape index (κ2) is 9.78. The highest BCUT2D eigenvalue weighted by atomic mass is 16.6. The molecule has 164 valence electrons. The van der Waals surface area contributed by atoms with Crippen molar-refractivity contribution >= 4 is 23.7 Å². The first-order valence-electron chi connectivity index (χ1n) is 10.2. The number of amides is 2. The second-order valence-electron chi connectivity index (χ2n) is 8.45. The number of anilines is 1. The van der Waals surface area contributed by atoms with Crippen LogP contribution in [-0.2, 0) is 19.1 Å². The summed E-state index contributed by atoms with van der Waals surface area (Å²) in [6.45, 7) is 11.5. The minimum absolute atomic E-state index is 0.245. The largest absolute Gasteiger partial charge is 0.463 e. The number of ether oxygens (including phenoxy) is 2. The van der Waals surface area contributed by atoms with Gasteiger partial charge in [-0.25, -0.2) is 9.59 Å². The van der Waals surface area contributed by atoms with Gasteiger partial charge in [-0.3, -0.25) is 9.69 Å². The summed E-state index contributed by atoms with van der Waals surface area (Å²) in [5, 5.41) is 2.96. The third-order valence-electron chi connectivity index (χ3n) is 4.77. The number of para-hydroxylation sites is 1. The number of esters is 1. The van der Waals surface area contributed by atoms with Gasteiger partial charge in [0.15, 0.2) is 0 Å². The van der Waals surface area contributed by atoms with Crippen molar-refractivity contribution in [1.29, 1.82) is 0 Å². The molecule has 2 rings (SSSR count). The summed E-state index contributed by atoms with van der Waals surface area (Å²) >= 11 is 0. The van der Waals surface area contributed by atoms with Crippen molar-refractivity contribution in [2.24, 2.45) is 0 Å². The van der Waals surface area contributed by atoms with Crippen LogP contribution in [0.15, 0.2) is 29.8 Å². The molecule has 1 saturated heterocycles. The van der Waals surface area contributed by atoms with Crippen molar-refractivity contribution in [1.82, 2.24) is 4.90 Å². The summed E-state index contributed by atoms with van der Waals surface area (Å²) in [5.41, 5.74) is 2.70. The second-order valence-corrected chi connectivity index (χ2v) is 8.45. The van der Waals surface area contributed by atoms with E-state index in [1.54, 1.807) is 27.7 Å². The smallest absolute Gasteiger partial charge is 0.410 e. The van der Waals surface area contributed by atoms with Gasteiger partial charge in [-0.1, -0.05) is 23.8 Å². The van der Waals surface area contributed by atoms with Crippen molar-refractivity contribution in [2.45, 2.75) is 66.0 Å². The molecule has 1 heterocycles. The lowest BCUT2D eigenvalue weighted by Crippen LogP contribution is -2.52. The molecule has 1 fully saturated rings. The lowest BCUT2D eigenvalue weighted by Gasteiger charge is -2.37. The Morgan fingerprint density at radius 2 is 1.83 bits per heavy atom. The van der Waals surface area contributed by atoms with Gasteiger partial charge in [0.1, 0.15) is 11.6 Å². The lowest BCUT2D eigenvalue weighted by molar-refractivity contribution is -0.137. The van der Waals surface area contributed by atoms with E-state index in [9.17, 15) is 14.4 Å². The molecule has 1 N–H and O–H groups in total. The number of aryl methyl sites for hydroxylation is 2. The summed E-state index contributed by atoms with van der Waals surface area (Å²) in [6, 6.07) is 4.98. The fraction of sp³-hybridized carbons (Fsp3) is 0.522. The molecule has 0 bridgehead atoms. The summed E-state index contributed by atoms with van der Waals surface area (Å²) in [4.78, 5) is 39.3. The molecule has 1 aromatic carbocycles. The van der Waals surface area contributed by atoms with E-state index in [1.807, 2.05) is 32.0 Å². The Labute approximate surface area is 178 Å². The Morgan fingerprint density at radius 3 is 2.40 bits per heavy atom. The maximum atomic E-state index is 13.2. The molecule has 1 atom stereocenters. The molecule has 1 aromatic rings. The van der Waals surface area contributed by atoms with Crippen LogP contribution in [0.25, 0.3) is 0 Å². The topological polar surface area (TPSA) is 84.9 Å². The third kappa shape index (κ3) is 6.34. The molecule has 0 aromatic heterocycles. The zero-order valence-corrected chi connectivity index (χ0v) is 18.7. The standard InChI is InChI=1S/C23H32N2O5/c1-7-29-19(26)14-17-11-12-25(22(28)30-23(4,5)6)18(13-17)21(27)24-20-15(2)9-8-10-16(20)3/h8-10,14,18H,7,11-13H2,1-6H3,(H,24,27)/t18-/m0/s1. The van der Waals surface area contributed by atoms with Crippen LogP contribution in [-0.4, -0.2) is 47.7 Å². The highest BCUT2D eigenvalue weighted by molar-refractivity contribution is 5.98. The molecule has 0 unspecified atom stereocenters. The molecule has 7 nitrogen and oxygen atoms in total. The number of hydrogen-bond donors (Lipinski definition) is 1. The molecular weight excluding hydrogens is 384 g/mol. The van der Waals surface area contributed by atoms with Crippen molar-refractivity contribution in [3.8, 4) is 0 Å². The van der Waals surface area contributed by atoms with Crippen molar-refractivity contribution in [3.05, 3.63) is 41.0 Å². The van der Waals surface area contributed by atoms with E-state index in [0.29, 0.717) is 6.42 Å². The van der Waals surface area contributed by atoms with Gasteiger partial charge in [-0.05, 0) is 65.5 Å². The van der Waals surface area contributed by atoms with Gasteiger partial charge in [0, 0.05) is 18.3 Å². The molecule has 1 aliphatic rings. The predicted octanol–water partition coefficient (Wildman–Crippen LogP) is 4.13. The van der Waals surface area contributed by atoms with Crippen LogP contribution in [0.1, 0.15) is 51.7 Å².